The summed E-state index contributed by atoms with van der Waals surface area (Å²) >= 11 is 0. The minimum atomic E-state index is 0.677. The first-order chi connectivity index (χ1) is 6.72. The smallest absolute Gasteiger partial charge is 0.00508 e. The van der Waals surface area contributed by atoms with Gasteiger partial charge in [0.1, 0.15) is 0 Å². The second-order valence-electron chi connectivity index (χ2n) is 4.85. The fraction of sp³-hybridized carbons (Fsp3) is 1.00. The van der Waals surface area contributed by atoms with Crippen LogP contribution in [0.5, 0.6) is 0 Å². The Morgan fingerprint density at radius 2 is 2.14 bits per heavy atom. The zero-order valence-electron chi connectivity index (χ0n) is 10.1. The lowest BCUT2D eigenvalue weighted by molar-refractivity contribution is 0.299. The van der Waals surface area contributed by atoms with Gasteiger partial charge in [-0.1, -0.05) is 6.92 Å². The van der Waals surface area contributed by atoms with Crippen molar-refractivity contribution >= 4 is 0 Å². The molecule has 14 heavy (non-hydrogen) atoms. The van der Waals surface area contributed by atoms with Crippen LogP contribution in [0, 0.1) is 5.92 Å². The molecule has 0 spiro atoms. The van der Waals surface area contributed by atoms with Crippen molar-refractivity contribution in [2.45, 2.75) is 45.6 Å². The molecule has 1 aliphatic carbocycles. The van der Waals surface area contributed by atoms with E-state index >= 15 is 0 Å². The molecule has 0 aromatic carbocycles. The molecule has 1 unspecified atom stereocenters. The first-order valence-electron chi connectivity index (χ1n) is 6.14. The SMILES string of the molecule is CCCNC(C)CCN(C)CC1CC1. The Labute approximate surface area is 89.1 Å². The molecule has 0 aliphatic heterocycles. The van der Waals surface area contributed by atoms with Gasteiger partial charge in [0.05, 0.1) is 0 Å². The average molecular weight is 198 g/mol. The van der Waals surface area contributed by atoms with Crippen molar-refractivity contribution in [3.05, 3.63) is 0 Å². The second kappa shape index (κ2) is 6.41. The van der Waals surface area contributed by atoms with Crippen molar-refractivity contribution < 1.29 is 0 Å². The predicted molar refractivity (Wildman–Crippen MR) is 62.6 cm³/mol. The van der Waals surface area contributed by atoms with Gasteiger partial charge in [0, 0.05) is 12.6 Å². The second-order valence-corrected chi connectivity index (χ2v) is 4.85. The molecule has 2 heteroatoms. The summed E-state index contributed by atoms with van der Waals surface area (Å²) in [5, 5.41) is 3.53. The summed E-state index contributed by atoms with van der Waals surface area (Å²) in [7, 11) is 2.25. The number of rotatable bonds is 8. The van der Waals surface area contributed by atoms with Crippen LogP contribution in [0.1, 0.15) is 39.5 Å². The molecule has 1 aliphatic rings. The van der Waals surface area contributed by atoms with Gasteiger partial charge < -0.3 is 10.2 Å². The molecule has 0 heterocycles. The van der Waals surface area contributed by atoms with Crippen LogP contribution in [-0.4, -0.2) is 37.6 Å². The van der Waals surface area contributed by atoms with Crippen LogP contribution in [0.4, 0.5) is 0 Å². The highest BCUT2D eigenvalue weighted by Crippen LogP contribution is 2.29. The van der Waals surface area contributed by atoms with E-state index in [4.69, 9.17) is 0 Å². The van der Waals surface area contributed by atoms with Crippen LogP contribution in [-0.2, 0) is 0 Å². The zero-order valence-corrected chi connectivity index (χ0v) is 10.1. The Morgan fingerprint density at radius 1 is 1.43 bits per heavy atom. The van der Waals surface area contributed by atoms with Crippen molar-refractivity contribution in [1.82, 2.24) is 10.2 Å². The lowest BCUT2D eigenvalue weighted by Crippen LogP contribution is -2.32. The Hall–Kier alpha value is -0.0800. The van der Waals surface area contributed by atoms with Crippen molar-refractivity contribution in [3.63, 3.8) is 0 Å². The molecule has 0 aromatic rings. The maximum absolute atomic E-state index is 3.53. The average Bonchev–Trinajstić information content (AvgIpc) is 2.95. The molecule has 0 bridgehead atoms. The topological polar surface area (TPSA) is 15.3 Å². The van der Waals surface area contributed by atoms with Crippen molar-refractivity contribution in [3.8, 4) is 0 Å². The molecule has 1 N–H and O–H groups in total. The van der Waals surface area contributed by atoms with E-state index in [-0.39, 0.29) is 0 Å². The normalized spacial score (nSPS) is 18.9. The summed E-state index contributed by atoms with van der Waals surface area (Å²) in [6, 6.07) is 0.677. The molecule has 0 aromatic heterocycles. The van der Waals surface area contributed by atoms with Crippen molar-refractivity contribution in [1.29, 1.82) is 0 Å². The fourth-order valence-electron chi connectivity index (χ4n) is 1.74. The quantitative estimate of drug-likeness (QED) is 0.642. The molecule has 1 saturated carbocycles. The number of hydrogen-bond acceptors (Lipinski definition) is 2. The minimum Gasteiger partial charge on any atom is -0.314 e. The Balaban J connectivity index is 1.94. The standard InChI is InChI=1S/C12H26N2/c1-4-8-13-11(2)7-9-14(3)10-12-5-6-12/h11-13H,4-10H2,1-3H3. The number of hydrogen-bond donors (Lipinski definition) is 1. The van der Waals surface area contributed by atoms with Gasteiger partial charge in [0.15, 0.2) is 0 Å². The van der Waals surface area contributed by atoms with E-state index in [2.05, 4.69) is 31.1 Å². The third-order valence-electron chi connectivity index (χ3n) is 2.95. The van der Waals surface area contributed by atoms with E-state index in [1.54, 1.807) is 0 Å². The number of nitrogens with zero attached hydrogens (tertiary/aromatic N) is 1. The van der Waals surface area contributed by atoms with Gasteiger partial charge in [-0.05, 0) is 58.7 Å². The summed E-state index contributed by atoms with van der Waals surface area (Å²) in [6.07, 6.45) is 5.45. The highest BCUT2D eigenvalue weighted by atomic mass is 15.1. The molecule has 1 rings (SSSR count). The van der Waals surface area contributed by atoms with Gasteiger partial charge in [0.2, 0.25) is 0 Å². The molecule has 0 radical (unpaired) electrons. The van der Waals surface area contributed by atoms with E-state index in [0.717, 1.165) is 12.5 Å². The van der Waals surface area contributed by atoms with Crippen LogP contribution in [0.15, 0.2) is 0 Å². The number of nitrogens with one attached hydrogen (secondary N) is 1. The lowest BCUT2D eigenvalue weighted by atomic mass is 10.2. The first kappa shape index (κ1) is 12.0. The molecule has 1 atom stereocenters. The van der Waals surface area contributed by atoms with Crippen molar-refractivity contribution in [2.24, 2.45) is 5.92 Å². The maximum Gasteiger partial charge on any atom is 0.00508 e. The third kappa shape index (κ3) is 5.61. The summed E-state index contributed by atoms with van der Waals surface area (Å²) in [5.74, 6) is 1.03. The zero-order chi connectivity index (χ0) is 10.4. The van der Waals surface area contributed by atoms with Crippen LogP contribution < -0.4 is 5.32 Å². The summed E-state index contributed by atoms with van der Waals surface area (Å²) < 4.78 is 0. The molecule has 84 valence electrons. The summed E-state index contributed by atoms with van der Waals surface area (Å²) in [5.41, 5.74) is 0. The van der Waals surface area contributed by atoms with E-state index in [0.29, 0.717) is 6.04 Å². The Kier molecular flexibility index (Phi) is 5.49. The monoisotopic (exact) mass is 198 g/mol. The van der Waals surface area contributed by atoms with E-state index < -0.39 is 0 Å². The Bertz CT molecular complexity index is 143. The van der Waals surface area contributed by atoms with Gasteiger partial charge in [-0.2, -0.15) is 0 Å². The first-order valence-corrected chi connectivity index (χ1v) is 6.14. The highest BCUT2D eigenvalue weighted by Gasteiger charge is 2.22. The molecule has 2 nitrogen and oxygen atoms in total. The van der Waals surface area contributed by atoms with Crippen LogP contribution >= 0.6 is 0 Å². The van der Waals surface area contributed by atoms with Gasteiger partial charge in [-0.15, -0.1) is 0 Å². The fourth-order valence-corrected chi connectivity index (χ4v) is 1.74. The van der Waals surface area contributed by atoms with Crippen LogP contribution in [0.25, 0.3) is 0 Å². The van der Waals surface area contributed by atoms with Gasteiger partial charge >= 0.3 is 0 Å². The van der Waals surface area contributed by atoms with Crippen LogP contribution in [0.2, 0.25) is 0 Å². The molecular weight excluding hydrogens is 172 g/mol. The van der Waals surface area contributed by atoms with Gasteiger partial charge in [-0.3, -0.25) is 0 Å². The maximum atomic E-state index is 3.53. The molecule has 0 saturated heterocycles. The largest absolute Gasteiger partial charge is 0.314 e. The van der Waals surface area contributed by atoms with E-state index in [9.17, 15) is 0 Å². The van der Waals surface area contributed by atoms with E-state index in [1.807, 2.05) is 0 Å². The van der Waals surface area contributed by atoms with Crippen LogP contribution in [0.3, 0.4) is 0 Å². The molecule has 1 fully saturated rings. The lowest BCUT2D eigenvalue weighted by Gasteiger charge is -2.19. The van der Waals surface area contributed by atoms with Crippen molar-refractivity contribution in [2.75, 3.05) is 26.7 Å². The predicted octanol–water partition coefficient (Wildman–Crippen LogP) is 2.11. The third-order valence-corrected chi connectivity index (χ3v) is 2.95. The summed E-state index contributed by atoms with van der Waals surface area (Å²) in [4.78, 5) is 2.49. The van der Waals surface area contributed by atoms with E-state index in [1.165, 1.54) is 38.8 Å². The molecule has 0 amide bonds. The Morgan fingerprint density at radius 3 is 2.71 bits per heavy atom. The minimum absolute atomic E-state index is 0.677. The highest BCUT2D eigenvalue weighted by molar-refractivity contribution is 4.76. The summed E-state index contributed by atoms with van der Waals surface area (Å²) in [6.45, 7) is 8.24. The molecular formula is C12H26N2. The van der Waals surface area contributed by atoms with Gasteiger partial charge in [-0.25, -0.2) is 0 Å². The van der Waals surface area contributed by atoms with Gasteiger partial charge in [0.25, 0.3) is 0 Å².